The highest BCUT2D eigenvalue weighted by Gasteiger charge is 2.43. The lowest BCUT2D eigenvalue weighted by Gasteiger charge is -2.34. The molecule has 1 N–H and O–H groups in total. The zero-order chi connectivity index (χ0) is 17.3. The molecule has 1 unspecified atom stereocenters. The van der Waals surface area contributed by atoms with E-state index in [4.69, 9.17) is 9.57 Å². The number of ether oxygens (including phenoxy) is 1. The predicted octanol–water partition coefficient (Wildman–Crippen LogP) is 1.79. The summed E-state index contributed by atoms with van der Waals surface area (Å²) in [6.07, 6.45) is 2.36. The van der Waals surface area contributed by atoms with Gasteiger partial charge in [-0.25, -0.2) is 0 Å². The molecule has 0 aliphatic carbocycles. The van der Waals surface area contributed by atoms with Crippen molar-refractivity contribution in [3.63, 3.8) is 0 Å². The van der Waals surface area contributed by atoms with Gasteiger partial charge in [-0.2, -0.15) is 0 Å². The molecule has 0 aromatic heterocycles. The Hall–Kier alpha value is -1.92. The summed E-state index contributed by atoms with van der Waals surface area (Å²) in [6, 6.07) is 8.19. The lowest BCUT2D eigenvalue weighted by Crippen LogP contribution is -2.47. The minimum absolute atomic E-state index is 0.00251. The fraction of sp³-hybridized carbons (Fsp3) is 0.579. The number of benzene rings is 1. The number of rotatable bonds is 2. The van der Waals surface area contributed by atoms with Crippen LogP contribution in [0.1, 0.15) is 36.5 Å². The third-order valence-electron chi connectivity index (χ3n) is 5.49. The van der Waals surface area contributed by atoms with Crippen molar-refractivity contribution in [3.8, 4) is 0 Å². The van der Waals surface area contributed by atoms with E-state index < -0.39 is 0 Å². The minimum Gasteiger partial charge on any atom is -0.388 e. The molecule has 25 heavy (non-hydrogen) atoms. The fourth-order valence-corrected chi connectivity index (χ4v) is 3.94. The lowest BCUT2D eigenvalue weighted by molar-refractivity contribution is -0.131. The molecule has 2 saturated heterocycles. The Morgan fingerprint density at radius 2 is 2.12 bits per heavy atom. The van der Waals surface area contributed by atoms with Gasteiger partial charge < -0.3 is 19.8 Å². The van der Waals surface area contributed by atoms with Crippen LogP contribution in [0, 0.1) is 6.92 Å². The van der Waals surface area contributed by atoms with Crippen LogP contribution in [0.25, 0.3) is 0 Å². The molecule has 134 valence electrons. The monoisotopic (exact) mass is 343 g/mol. The second-order valence-corrected chi connectivity index (χ2v) is 7.21. The quantitative estimate of drug-likeness (QED) is 0.889. The number of amides is 1. The summed E-state index contributed by atoms with van der Waals surface area (Å²) in [5.74, 6) is -0.00251. The van der Waals surface area contributed by atoms with Gasteiger partial charge in [-0.1, -0.05) is 29.4 Å². The van der Waals surface area contributed by atoms with Gasteiger partial charge in [0.05, 0.1) is 13.2 Å². The van der Waals surface area contributed by atoms with Gasteiger partial charge in [0.25, 0.3) is 5.91 Å². The molecular weight excluding hydrogens is 318 g/mol. The molecule has 6 heteroatoms. The molecule has 3 aliphatic heterocycles. The number of morpholine rings is 1. The van der Waals surface area contributed by atoms with Crippen LogP contribution in [0.3, 0.4) is 0 Å². The summed E-state index contributed by atoms with van der Waals surface area (Å²) < 4.78 is 5.92. The van der Waals surface area contributed by atoms with Gasteiger partial charge >= 0.3 is 0 Å². The van der Waals surface area contributed by atoms with Crippen molar-refractivity contribution in [2.75, 3.05) is 32.8 Å². The number of carbonyl (C=O) groups excluding carboxylic acids is 1. The van der Waals surface area contributed by atoms with E-state index in [1.165, 1.54) is 5.56 Å². The third kappa shape index (κ3) is 3.28. The first kappa shape index (κ1) is 16.5. The predicted molar refractivity (Wildman–Crippen MR) is 94.4 cm³/mol. The van der Waals surface area contributed by atoms with E-state index in [1.54, 1.807) is 0 Å². The van der Waals surface area contributed by atoms with E-state index in [-0.39, 0.29) is 17.6 Å². The summed E-state index contributed by atoms with van der Waals surface area (Å²) in [7, 11) is 0. The zero-order valence-electron chi connectivity index (χ0n) is 14.7. The maximum atomic E-state index is 12.9. The van der Waals surface area contributed by atoms with Crippen molar-refractivity contribution in [1.82, 2.24) is 10.2 Å². The Morgan fingerprint density at radius 1 is 1.32 bits per heavy atom. The molecule has 0 saturated carbocycles. The van der Waals surface area contributed by atoms with Gasteiger partial charge in [0.15, 0.2) is 0 Å². The molecule has 3 aliphatic rings. The number of oxime groups is 1. The Bertz CT molecular complexity index is 682. The molecule has 0 radical (unpaired) electrons. The van der Waals surface area contributed by atoms with Crippen molar-refractivity contribution in [1.29, 1.82) is 0 Å². The van der Waals surface area contributed by atoms with Crippen LogP contribution in [-0.2, 0) is 14.4 Å². The molecule has 1 amide bonds. The first-order chi connectivity index (χ1) is 12.2. The van der Waals surface area contributed by atoms with E-state index in [9.17, 15) is 4.79 Å². The van der Waals surface area contributed by atoms with Gasteiger partial charge in [0.1, 0.15) is 17.4 Å². The van der Waals surface area contributed by atoms with Crippen molar-refractivity contribution < 1.29 is 14.4 Å². The highest BCUT2D eigenvalue weighted by Crippen LogP contribution is 2.33. The van der Waals surface area contributed by atoms with E-state index >= 15 is 0 Å². The van der Waals surface area contributed by atoms with Crippen LogP contribution in [0.4, 0.5) is 0 Å². The molecule has 0 bridgehead atoms. The molecule has 1 aromatic rings. The van der Waals surface area contributed by atoms with Crippen molar-refractivity contribution in [2.45, 2.75) is 37.9 Å². The van der Waals surface area contributed by atoms with Crippen LogP contribution in [0.2, 0.25) is 0 Å². The minimum atomic E-state index is -0.266. The van der Waals surface area contributed by atoms with Gasteiger partial charge in [-0.15, -0.1) is 0 Å². The highest BCUT2D eigenvalue weighted by molar-refractivity contribution is 6.39. The average molecular weight is 343 g/mol. The summed E-state index contributed by atoms with van der Waals surface area (Å²) in [5.41, 5.74) is 2.64. The molecule has 1 aromatic carbocycles. The number of aryl methyl sites for hydroxylation is 1. The number of nitrogens with zero attached hydrogens (tertiary/aromatic N) is 2. The Balaban J connectivity index is 1.43. The van der Waals surface area contributed by atoms with Crippen molar-refractivity contribution >= 4 is 11.6 Å². The van der Waals surface area contributed by atoms with E-state index in [2.05, 4.69) is 29.5 Å². The van der Waals surface area contributed by atoms with Crippen molar-refractivity contribution in [2.24, 2.45) is 5.16 Å². The smallest absolute Gasteiger partial charge is 0.271 e. The molecule has 1 spiro atoms. The SMILES string of the molecule is Cc1ccccc1C1CN(C(=O)C2=NOC3(CCNCC3)C2)CCO1. The molecule has 3 heterocycles. The van der Waals surface area contributed by atoms with Gasteiger partial charge in [0, 0.05) is 25.8 Å². The van der Waals surface area contributed by atoms with E-state index in [1.807, 2.05) is 17.0 Å². The normalized spacial score (nSPS) is 25.6. The van der Waals surface area contributed by atoms with Crippen LogP contribution in [0.5, 0.6) is 0 Å². The second-order valence-electron chi connectivity index (χ2n) is 7.21. The molecule has 2 fully saturated rings. The number of hydrogen-bond donors (Lipinski definition) is 1. The lowest BCUT2D eigenvalue weighted by atomic mass is 9.87. The number of piperidine rings is 1. The first-order valence-electron chi connectivity index (χ1n) is 9.09. The van der Waals surface area contributed by atoms with Gasteiger partial charge in [-0.3, -0.25) is 4.79 Å². The third-order valence-corrected chi connectivity index (χ3v) is 5.49. The fourth-order valence-electron chi connectivity index (χ4n) is 3.94. The van der Waals surface area contributed by atoms with E-state index in [0.717, 1.165) is 31.5 Å². The van der Waals surface area contributed by atoms with Crippen molar-refractivity contribution in [3.05, 3.63) is 35.4 Å². The largest absolute Gasteiger partial charge is 0.388 e. The van der Waals surface area contributed by atoms with E-state index in [0.29, 0.717) is 31.8 Å². The second kappa shape index (κ2) is 6.77. The van der Waals surface area contributed by atoms with Crippen LogP contribution >= 0.6 is 0 Å². The Morgan fingerprint density at radius 3 is 2.92 bits per heavy atom. The highest BCUT2D eigenvalue weighted by atomic mass is 16.7. The standard InChI is InChI=1S/C19H25N3O3/c1-14-4-2-3-5-15(14)17-13-22(10-11-24-17)18(23)16-12-19(25-21-16)6-8-20-9-7-19/h2-5,17,20H,6-13H2,1H3. The molecule has 1 atom stereocenters. The molecule has 4 rings (SSSR count). The van der Waals surface area contributed by atoms with Gasteiger partial charge in [-0.05, 0) is 31.1 Å². The average Bonchev–Trinajstić information content (AvgIpc) is 3.05. The first-order valence-corrected chi connectivity index (χ1v) is 9.09. The summed E-state index contributed by atoms with van der Waals surface area (Å²) in [4.78, 5) is 20.5. The van der Waals surface area contributed by atoms with Crippen LogP contribution < -0.4 is 5.32 Å². The molecule has 6 nitrogen and oxygen atoms in total. The number of nitrogens with one attached hydrogen (secondary N) is 1. The van der Waals surface area contributed by atoms with Crippen LogP contribution in [0.15, 0.2) is 29.4 Å². The van der Waals surface area contributed by atoms with Crippen LogP contribution in [-0.4, -0.2) is 54.9 Å². The summed E-state index contributed by atoms with van der Waals surface area (Å²) in [6.45, 7) is 5.64. The number of carbonyl (C=O) groups is 1. The maximum absolute atomic E-state index is 12.9. The topological polar surface area (TPSA) is 63.2 Å². The Kier molecular flexibility index (Phi) is 4.48. The number of hydrogen-bond acceptors (Lipinski definition) is 5. The summed E-state index contributed by atoms with van der Waals surface area (Å²) in [5, 5.41) is 7.49. The Labute approximate surface area is 148 Å². The van der Waals surface area contributed by atoms with Gasteiger partial charge in [0.2, 0.25) is 0 Å². The molecular formula is C19H25N3O3. The zero-order valence-corrected chi connectivity index (χ0v) is 14.7. The summed E-state index contributed by atoms with van der Waals surface area (Å²) >= 11 is 0. The maximum Gasteiger partial charge on any atom is 0.271 e.